The summed E-state index contributed by atoms with van der Waals surface area (Å²) < 4.78 is 12.0. The summed E-state index contributed by atoms with van der Waals surface area (Å²) in [7, 11) is 0. The minimum atomic E-state index is -1.11. The van der Waals surface area contributed by atoms with Crippen LogP contribution < -0.4 is 0 Å². The Kier molecular flexibility index (Phi) is 12.3. The van der Waals surface area contributed by atoms with Crippen LogP contribution in [-0.2, 0) is 9.47 Å². The summed E-state index contributed by atoms with van der Waals surface area (Å²) in [5.74, 6) is 6.25. The van der Waals surface area contributed by atoms with Gasteiger partial charge in [0.15, 0.2) is 0 Å². The minimum Gasteiger partial charge on any atom is -0.388 e. The van der Waals surface area contributed by atoms with Gasteiger partial charge in [-0.25, -0.2) is 0 Å². The van der Waals surface area contributed by atoms with Crippen molar-refractivity contribution in [2.45, 2.75) is 161 Å². The normalized spacial score (nSPS) is 42.8. The van der Waals surface area contributed by atoms with Crippen LogP contribution in [-0.4, -0.2) is 64.1 Å². The summed E-state index contributed by atoms with van der Waals surface area (Å²) in [6, 6.07) is 0. The molecule has 0 spiro atoms. The summed E-state index contributed by atoms with van der Waals surface area (Å²) >= 11 is 1.54. The number of aliphatic hydroxyl groups is 3. The quantitative estimate of drug-likeness (QED) is 0.132. The van der Waals surface area contributed by atoms with Crippen molar-refractivity contribution in [3.63, 3.8) is 0 Å². The van der Waals surface area contributed by atoms with E-state index in [1.807, 2.05) is 0 Å². The van der Waals surface area contributed by atoms with Gasteiger partial charge in [0.25, 0.3) is 0 Å². The van der Waals surface area contributed by atoms with Crippen LogP contribution in [0, 0.1) is 46.3 Å². The summed E-state index contributed by atoms with van der Waals surface area (Å²) in [4.78, 5) is 0. The second-order valence-corrected chi connectivity index (χ2v) is 17.8. The fraction of sp³-hybridized carbons (Fsp3) is 0.947. The molecule has 0 aromatic heterocycles. The number of allylic oxidation sites excluding steroid dienone is 1. The van der Waals surface area contributed by atoms with E-state index < -0.39 is 23.7 Å². The second kappa shape index (κ2) is 15.4. The molecule has 1 heterocycles. The predicted octanol–water partition coefficient (Wildman–Crippen LogP) is 8.15. The number of fused-ring (bicyclic) bond motifs is 5. The van der Waals surface area contributed by atoms with Gasteiger partial charge >= 0.3 is 0 Å². The molecule has 6 heteroatoms. The van der Waals surface area contributed by atoms with Gasteiger partial charge in [-0.3, -0.25) is 0 Å². The highest BCUT2D eigenvalue weighted by molar-refractivity contribution is 7.99. The largest absolute Gasteiger partial charge is 0.388 e. The summed E-state index contributed by atoms with van der Waals surface area (Å²) in [6.07, 6.45) is 19.5. The van der Waals surface area contributed by atoms with Crippen molar-refractivity contribution in [3.05, 3.63) is 11.6 Å². The molecule has 5 rings (SSSR count). The summed E-state index contributed by atoms with van der Waals surface area (Å²) in [5, 5.41) is 29.5. The highest BCUT2D eigenvalue weighted by Crippen LogP contribution is 2.67. The molecule has 0 bridgehead atoms. The van der Waals surface area contributed by atoms with Crippen LogP contribution in [0.3, 0.4) is 0 Å². The summed E-state index contributed by atoms with van der Waals surface area (Å²) in [6.45, 7) is 13.6. The zero-order valence-corrected chi connectivity index (χ0v) is 29.5. The van der Waals surface area contributed by atoms with E-state index in [0.29, 0.717) is 16.9 Å². The molecule has 1 saturated heterocycles. The lowest BCUT2D eigenvalue weighted by Crippen LogP contribution is -2.51. The molecule has 1 aliphatic heterocycles. The number of hydrogen-bond donors (Lipinski definition) is 3. The zero-order valence-electron chi connectivity index (χ0n) is 28.7. The lowest BCUT2D eigenvalue weighted by molar-refractivity contribution is -0.161. The van der Waals surface area contributed by atoms with Gasteiger partial charge in [0.1, 0.15) is 23.7 Å². The van der Waals surface area contributed by atoms with E-state index in [2.05, 4.69) is 40.7 Å². The Morgan fingerprint density at radius 2 is 1.70 bits per heavy atom. The lowest BCUT2D eigenvalue weighted by atomic mass is 9.47. The smallest absolute Gasteiger partial charge is 0.131 e. The van der Waals surface area contributed by atoms with E-state index in [-0.39, 0.29) is 6.61 Å². The van der Waals surface area contributed by atoms with Crippen LogP contribution >= 0.6 is 11.8 Å². The van der Waals surface area contributed by atoms with Gasteiger partial charge < -0.3 is 24.8 Å². The zero-order chi connectivity index (χ0) is 31.5. The summed E-state index contributed by atoms with van der Waals surface area (Å²) in [5.41, 5.74) is 2.25. The van der Waals surface area contributed by atoms with Crippen molar-refractivity contribution in [3.8, 4) is 0 Å². The van der Waals surface area contributed by atoms with Gasteiger partial charge in [-0.2, -0.15) is 0 Å². The average molecular weight is 635 g/mol. The maximum atomic E-state index is 10.1. The van der Waals surface area contributed by atoms with E-state index in [0.717, 1.165) is 80.0 Å². The molecule has 3 N–H and O–H groups in total. The van der Waals surface area contributed by atoms with Crippen LogP contribution in [0.5, 0.6) is 0 Å². The van der Waals surface area contributed by atoms with Gasteiger partial charge in [0.2, 0.25) is 0 Å². The van der Waals surface area contributed by atoms with Gasteiger partial charge in [0, 0.05) is 6.61 Å². The van der Waals surface area contributed by atoms with Crippen LogP contribution in [0.2, 0.25) is 0 Å². The number of aliphatic hydroxyl groups excluding tert-OH is 3. The molecule has 5 nitrogen and oxygen atoms in total. The third-order valence-corrected chi connectivity index (χ3v) is 14.7. The molecule has 0 radical (unpaired) electrons. The van der Waals surface area contributed by atoms with E-state index in [1.165, 1.54) is 64.2 Å². The average Bonchev–Trinajstić information content (AvgIpc) is 3.35. The molecule has 0 amide bonds. The molecular weight excluding hydrogens is 568 g/mol. The number of hydrogen-bond acceptors (Lipinski definition) is 6. The number of unbranched alkanes of at least 4 members (excludes halogenated alkanes) is 3. The second-order valence-electron chi connectivity index (χ2n) is 16.6. The van der Waals surface area contributed by atoms with Crippen molar-refractivity contribution in [1.29, 1.82) is 0 Å². The number of rotatable bonds is 14. The molecule has 3 saturated carbocycles. The van der Waals surface area contributed by atoms with Crippen molar-refractivity contribution in [2.24, 2.45) is 46.3 Å². The topological polar surface area (TPSA) is 79.2 Å². The fourth-order valence-corrected chi connectivity index (χ4v) is 11.9. The highest BCUT2D eigenvalue weighted by Gasteiger charge is 2.59. The molecule has 254 valence electrons. The third kappa shape index (κ3) is 7.62. The molecule has 12 atom stereocenters. The third-order valence-electron chi connectivity index (χ3n) is 13.4. The molecule has 4 fully saturated rings. The standard InChI is InChI=1S/C38H66O5S/c1-25(2)11-10-12-26(3)30-15-16-31-29-14-13-27-23-28(17-19-37(27,4)32(29)18-20-38(30,31)5)42-21-8-6-7-9-22-44-36-35(41)34(40)33(39)24-43-36/h13,25-26,28-36,39-41H,6-12,14-24H2,1-5H3/t26-,28+,29+,30-,31+,32+,33-,34+,35-,36+,37+,38-/m1/s1. The fourth-order valence-electron chi connectivity index (χ4n) is 10.7. The first-order valence-electron chi connectivity index (χ1n) is 18.6. The molecule has 0 unspecified atom stereocenters. The molecule has 5 aliphatic rings. The lowest BCUT2D eigenvalue weighted by Gasteiger charge is -2.58. The van der Waals surface area contributed by atoms with Crippen molar-refractivity contribution in [1.82, 2.24) is 0 Å². The van der Waals surface area contributed by atoms with Crippen LogP contribution in [0.1, 0.15) is 131 Å². The van der Waals surface area contributed by atoms with E-state index >= 15 is 0 Å². The van der Waals surface area contributed by atoms with Gasteiger partial charge in [-0.1, -0.05) is 78.4 Å². The SMILES string of the molecule is CC(C)CCC[C@@H](C)[C@H]1CC[C@H]2[C@@H]3CC=C4C[C@@H](OCCCCCCS[C@@H]5OC[C@@H](O)[C@H](O)[C@H]5O)CC[C@]4(C)[C@H]3CC[C@]12C. The Bertz CT molecular complexity index is 940. The van der Waals surface area contributed by atoms with Crippen molar-refractivity contribution < 1.29 is 24.8 Å². The maximum Gasteiger partial charge on any atom is 0.131 e. The van der Waals surface area contributed by atoms with Gasteiger partial charge in [-0.15, -0.1) is 11.8 Å². The van der Waals surface area contributed by atoms with Crippen molar-refractivity contribution in [2.75, 3.05) is 19.0 Å². The Labute approximate surface area is 273 Å². The number of thioether (sulfide) groups is 1. The molecule has 44 heavy (non-hydrogen) atoms. The van der Waals surface area contributed by atoms with Crippen LogP contribution in [0.25, 0.3) is 0 Å². The molecule has 4 aliphatic carbocycles. The predicted molar refractivity (Wildman–Crippen MR) is 181 cm³/mol. The molecular formula is C38H66O5S. The van der Waals surface area contributed by atoms with Crippen LogP contribution in [0.15, 0.2) is 11.6 Å². The van der Waals surface area contributed by atoms with E-state index in [4.69, 9.17) is 9.47 Å². The first-order chi connectivity index (χ1) is 21.0. The number of ether oxygens (including phenoxy) is 2. The van der Waals surface area contributed by atoms with Crippen molar-refractivity contribution >= 4 is 11.8 Å². The Morgan fingerprint density at radius 3 is 2.50 bits per heavy atom. The van der Waals surface area contributed by atoms with E-state index in [9.17, 15) is 15.3 Å². The first kappa shape index (κ1) is 35.2. The van der Waals surface area contributed by atoms with Gasteiger partial charge in [-0.05, 0) is 116 Å². The van der Waals surface area contributed by atoms with Gasteiger partial charge in [0.05, 0.1) is 12.7 Å². The maximum absolute atomic E-state index is 10.1. The van der Waals surface area contributed by atoms with Crippen LogP contribution in [0.4, 0.5) is 0 Å². The molecule has 0 aromatic rings. The van der Waals surface area contributed by atoms with E-state index in [1.54, 1.807) is 17.3 Å². The molecule has 0 aromatic carbocycles. The monoisotopic (exact) mass is 634 g/mol. The Morgan fingerprint density at radius 1 is 0.909 bits per heavy atom. The first-order valence-corrected chi connectivity index (χ1v) is 19.7. The minimum absolute atomic E-state index is 0.0875. The Hall–Kier alpha value is -0.110. The Balaban J connectivity index is 1.02. The highest BCUT2D eigenvalue weighted by atomic mass is 32.2.